The first-order chi connectivity index (χ1) is 10.3. The fourth-order valence-electron chi connectivity index (χ4n) is 3.01. The van der Waals surface area contributed by atoms with Crippen LogP contribution in [0.2, 0.25) is 0 Å². The Morgan fingerprint density at radius 3 is 1.35 bits per heavy atom. The van der Waals surface area contributed by atoms with Gasteiger partial charge >= 0.3 is 0 Å². The summed E-state index contributed by atoms with van der Waals surface area (Å²) < 4.78 is 0. The molecule has 0 spiro atoms. The second-order valence-corrected chi connectivity index (χ2v) is 6.12. The first kappa shape index (κ1) is 19.3. The lowest BCUT2D eigenvalue weighted by atomic mass is 9.87. The number of aromatic hydroxyl groups is 2. The van der Waals surface area contributed by atoms with E-state index in [0.717, 1.165) is 28.8 Å². The molecular formula is C19H26ClNO2. The summed E-state index contributed by atoms with van der Waals surface area (Å²) in [4.78, 5) is 0. The molecule has 0 aliphatic rings. The fraction of sp³-hybridized carbons (Fsp3) is 0.368. The van der Waals surface area contributed by atoms with Gasteiger partial charge in [-0.2, -0.15) is 0 Å². The van der Waals surface area contributed by atoms with Gasteiger partial charge in [0.15, 0.2) is 0 Å². The molecule has 0 fully saturated rings. The molecule has 2 rings (SSSR count). The summed E-state index contributed by atoms with van der Waals surface area (Å²) >= 11 is 0. The van der Waals surface area contributed by atoms with Crippen molar-refractivity contribution in [3.8, 4) is 11.5 Å². The summed E-state index contributed by atoms with van der Waals surface area (Å²) in [6, 6.07) is 8.17. The maximum atomic E-state index is 9.99. The minimum absolute atomic E-state index is 0. The summed E-state index contributed by atoms with van der Waals surface area (Å²) in [6.07, 6.45) is 0. The smallest absolute Gasteiger partial charge is 0.121 e. The number of aryl methyl sites for hydroxylation is 4. The van der Waals surface area contributed by atoms with Crippen molar-refractivity contribution in [1.82, 2.24) is 5.32 Å². The van der Waals surface area contributed by atoms with Gasteiger partial charge in [-0.15, -0.1) is 12.4 Å². The van der Waals surface area contributed by atoms with E-state index in [0.29, 0.717) is 11.5 Å². The number of nitrogens with one attached hydrogen (secondary N) is 1. The zero-order valence-electron chi connectivity index (χ0n) is 14.4. The van der Waals surface area contributed by atoms with Crippen molar-refractivity contribution in [3.05, 3.63) is 57.6 Å². The Bertz CT molecular complexity index is 594. The van der Waals surface area contributed by atoms with Crippen LogP contribution in [0.4, 0.5) is 0 Å². The first-order valence-electron chi connectivity index (χ1n) is 7.60. The van der Waals surface area contributed by atoms with Crippen LogP contribution in [0.3, 0.4) is 0 Å². The number of halogens is 1. The van der Waals surface area contributed by atoms with Crippen molar-refractivity contribution < 1.29 is 10.2 Å². The van der Waals surface area contributed by atoms with E-state index in [-0.39, 0.29) is 18.3 Å². The van der Waals surface area contributed by atoms with E-state index >= 15 is 0 Å². The maximum absolute atomic E-state index is 9.99. The molecule has 2 aromatic rings. The van der Waals surface area contributed by atoms with Crippen molar-refractivity contribution in [2.45, 2.75) is 33.6 Å². The Labute approximate surface area is 144 Å². The highest BCUT2D eigenvalue weighted by atomic mass is 35.5. The van der Waals surface area contributed by atoms with E-state index in [9.17, 15) is 10.2 Å². The predicted octanol–water partition coefficient (Wildman–Crippen LogP) is 4.10. The van der Waals surface area contributed by atoms with E-state index in [4.69, 9.17) is 0 Å². The molecule has 0 radical (unpaired) electrons. The number of hydrogen-bond donors (Lipinski definition) is 3. The van der Waals surface area contributed by atoms with Gasteiger partial charge in [-0.25, -0.2) is 0 Å². The largest absolute Gasteiger partial charge is 0.507 e. The predicted molar refractivity (Wildman–Crippen MR) is 98.2 cm³/mol. The molecule has 2 aromatic carbocycles. The fourth-order valence-corrected chi connectivity index (χ4v) is 3.01. The number of hydrogen-bond acceptors (Lipinski definition) is 3. The molecule has 0 atom stereocenters. The molecule has 0 aromatic heterocycles. The lowest BCUT2D eigenvalue weighted by molar-refractivity contribution is 0.466. The monoisotopic (exact) mass is 335 g/mol. The molecule has 0 saturated heterocycles. The molecule has 0 bridgehead atoms. The van der Waals surface area contributed by atoms with Gasteiger partial charge in [0, 0.05) is 12.5 Å². The molecule has 0 amide bonds. The normalized spacial score (nSPS) is 10.7. The average molecular weight is 336 g/mol. The third kappa shape index (κ3) is 3.98. The van der Waals surface area contributed by atoms with Gasteiger partial charge in [0.2, 0.25) is 0 Å². The average Bonchev–Trinajstić information content (AvgIpc) is 2.47. The highest BCUT2D eigenvalue weighted by Gasteiger charge is 2.17. The van der Waals surface area contributed by atoms with Crippen LogP contribution in [0.1, 0.15) is 39.3 Å². The molecule has 4 heteroatoms. The zero-order valence-corrected chi connectivity index (χ0v) is 15.2. The molecule has 126 valence electrons. The number of benzene rings is 2. The first-order valence-corrected chi connectivity index (χ1v) is 7.60. The van der Waals surface area contributed by atoms with Crippen LogP contribution in [-0.2, 0) is 0 Å². The van der Waals surface area contributed by atoms with Crippen molar-refractivity contribution in [2.75, 3.05) is 13.6 Å². The molecule has 0 heterocycles. The molecular weight excluding hydrogens is 310 g/mol. The number of likely N-dealkylation sites (N-methyl/N-ethyl adjacent to an activating group) is 1. The van der Waals surface area contributed by atoms with Crippen LogP contribution in [0.25, 0.3) is 0 Å². The van der Waals surface area contributed by atoms with Crippen molar-refractivity contribution in [2.24, 2.45) is 0 Å². The molecule has 3 nitrogen and oxygen atoms in total. The highest BCUT2D eigenvalue weighted by molar-refractivity contribution is 5.85. The minimum atomic E-state index is 0. The second-order valence-electron chi connectivity index (χ2n) is 6.12. The summed E-state index contributed by atoms with van der Waals surface area (Å²) in [7, 11) is 1.94. The zero-order chi connectivity index (χ0) is 16.4. The van der Waals surface area contributed by atoms with Crippen molar-refractivity contribution in [1.29, 1.82) is 0 Å². The van der Waals surface area contributed by atoms with Gasteiger partial charge in [-0.1, -0.05) is 24.3 Å². The Hall–Kier alpha value is -1.71. The van der Waals surface area contributed by atoms with E-state index in [1.807, 2.05) is 59.0 Å². The Morgan fingerprint density at radius 2 is 1.09 bits per heavy atom. The van der Waals surface area contributed by atoms with Crippen LogP contribution < -0.4 is 5.32 Å². The molecule has 0 aliphatic heterocycles. The second kappa shape index (κ2) is 7.71. The van der Waals surface area contributed by atoms with Gasteiger partial charge < -0.3 is 15.5 Å². The van der Waals surface area contributed by atoms with Crippen LogP contribution in [0, 0.1) is 27.7 Å². The molecule has 23 heavy (non-hydrogen) atoms. The van der Waals surface area contributed by atoms with Gasteiger partial charge in [0.05, 0.1) is 0 Å². The van der Waals surface area contributed by atoms with Crippen LogP contribution >= 0.6 is 12.4 Å². The van der Waals surface area contributed by atoms with E-state index in [2.05, 4.69) is 5.32 Å². The van der Waals surface area contributed by atoms with Crippen LogP contribution in [0.5, 0.6) is 11.5 Å². The lowest BCUT2D eigenvalue weighted by Crippen LogP contribution is -2.19. The Balaban J connectivity index is 0.00000264. The number of phenols is 2. The minimum Gasteiger partial charge on any atom is -0.507 e. The maximum Gasteiger partial charge on any atom is 0.121 e. The van der Waals surface area contributed by atoms with Crippen LogP contribution in [-0.4, -0.2) is 23.8 Å². The summed E-state index contributed by atoms with van der Waals surface area (Å²) in [5.41, 5.74) is 5.91. The number of phenolic OH excluding ortho intramolecular Hbond substituents is 2. The molecule has 0 aliphatic carbocycles. The van der Waals surface area contributed by atoms with Gasteiger partial charge in [0.25, 0.3) is 0 Å². The summed E-state index contributed by atoms with van der Waals surface area (Å²) in [5.74, 6) is 0.913. The topological polar surface area (TPSA) is 52.5 Å². The quantitative estimate of drug-likeness (QED) is 0.788. The van der Waals surface area contributed by atoms with E-state index < -0.39 is 0 Å². The standard InChI is InChI=1S/C19H25NO2.ClH/c1-11-6-15(7-12(2)18(11)21)17(10-20-5)16-8-13(3)19(22)14(4)9-16;/h6-9,17,20-22H,10H2,1-5H3;1H. The summed E-state index contributed by atoms with van der Waals surface area (Å²) in [6.45, 7) is 8.50. The lowest BCUT2D eigenvalue weighted by Gasteiger charge is -2.21. The Morgan fingerprint density at radius 1 is 0.783 bits per heavy atom. The van der Waals surface area contributed by atoms with Gasteiger partial charge in [-0.05, 0) is 68.1 Å². The third-order valence-electron chi connectivity index (χ3n) is 4.24. The third-order valence-corrected chi connectivity index (χ3v) is 4.24. The summed E-state index contributed by atoms with van der Waals surface area (Å²) in [5, 5.41) is 23.2. The van der Waals surface area contributed by atoms with Gasteiger partial charge in [0.1, 0.15) is 11.5 Å². The van der Waals surface area contributed by atoms with Gasteiger partial charge in [-0.3, -0.25) is 0 Å². The van der Waals surface area contributed by atoms with Crippen LogP contribution in [0.15, 0.2) is 24.3 Å². The van der Waals surface area contributed by atoms with E-state index in [1.165, 1.54) is 11.1 Å². The highest BCUT2D eigenvalue weighted by Crippen LogP contribution is 2.33. The molecule has 3 N–H and O–H groups in total. The van der Waals surface area contributed by atoms with Crippen molar-refractivity contribution in [3.63, 3.8) is 0 Å². The van der Waals surface area contributed by atoms with E-state index in [1.54, 1.807) is 0 Å². The number of rotatable bonds is 4. The van der Waals surface area contributed by atoms with Crippen molar-refractivity contribution >= 4 is 12.4 Å². The Kier molecular flexibility index (Phi) is 6.48. The SMILES string of the molecule is CNCC(c1cc(C)c(O)c(C)c1)c1cc(C)c(O)c(C)c1.Cl. The molecule has 0 unspecified atom stereocenters. The molecule has 0 saturated carbocycles.